The van der Waals surface area contributed by atoms with Gasteiger partial charge in [0.1, 0.15) is 5.84 Å². The third kappa shape index (κ3) is 2.32. The summed E-state index contributed by atoms with van der Waals surface area (Å²) >= 11 is 0. The quantitative estimate of drug-likeness (QED) is 0.743. The lowest BCUT2D eigenvalue weighted by Gasteiger charge is -2.26. The van der Waals surface area contributed by atoms with Gasteiger partial charge in [0.05, 0.1) is 11.8 Å². The number of nitrogens with zero attached hydrogens (tertiary/aromatic N) is 2. The van der Waals surface area contributed by atoms with Crippen molar-refractivity contribution in [1.29, 1.82) is 0 Å². The van der Waals surface area contributed by atoms with Crippen LogP contribution in [0.25, 0.3) is 0 Å². The van der Waals surface area contributed by atoms with E-state index in [1.54, 1.807) is 7.11 Å². The van der Waals surface area contributed by atoms with Crippen LogP contribution >= 0.6 is 0 Å². The average Bonchev–Trinajstić information content (AvgIpc) is 2.09. The van der Waals surface area contributed by atoms with Crippen molar-refractivity contribution in [3.63, 3.8) is 0 Å². The van der Waals surface area contributed by atoms with Gasteiger partial charge in [0.25, 0.3) is 0 Å². The molecule has 0 aromatic heterocycles. The van der Waals surface area contributed by atoms with Gasteiger partial charge in [-0.2, -0.15) is 5.10 Å². The van der Waals surface area contributed by atoms with E-state index in [4.69, 9.17) is 10.5 Å². The highest BCUT2D eigenvalue weighted by Crippen LogP contribution is 2.19. The molecule has 1 aliphatic rings. The van der Waals surface area contributed by atoms with Crippen LogP contribution in [0.1, 0.15) is 27.2 Å². The second-order valence-corrected chi connectivity index (χ2v) is 4.12. The van der Waals surface area contributed by atoms with Crippen molar-refractivity contribution < 1.29 is 4.74 Å². The summed E-state index contributed by atoms with van der Waals surface area (Å²) in [5, 5.41) is 8.05. The second-order valence-electron chi connectivity index (χ2n) is 4.12. The molecule has 0 spiro atoms. The largest absolute Gasteiger partial charge is 0.386 e. The summed E-state index contributed by atoms with van der Waals surface area (Å²) in [5.41, 5.74) is 6.62. The van der Waals surface area contributed by atoms with E-state index in [-0.39, 0.29) is 6.10 Å². The molecule has 0 aromatic carbocycles. The smallest absolute Gasteiger partial charge is 0.123 e. The van der Waals surface area contributed by atoms with Gasteiger partial charge in [-0.3, -0.25) is 0 Å². The molecule has 1 heterocycles. The van der Waals surface area contributed by atoms with E-state index < -0.39 is 0 Å². The first-order valence-electron chi connectivity index (χ1n) is 4.98. The van der Waals surface area contributed by atoms with E-state index in [0.29, 0.717) is 17.7 Å². The molecule has 0 aliphatic carbocycles. The van der Waals surface area contributed by atoms with Gasteiger partial charge < -0.3 is 10.5 Å². The molecule has 0 bridgehead atoms. The van der Waals surface area contributed by atoms with Crippen molar-refractivity contribution in [1.82, 2.24) is 0 Å². The summed E-state index contributed by atoms with van der Waals surface area (Å²) in [6.07, 6.45) is 0.840. The van der Waals surface area contributed by atoms with Crippen molar-refractivity contribution in [2.75, 3.05) is 7.11 Å². The van der Waals surface area contributed by atoms with Crippen LogP contribution in [0.4, 0.5) is 0 Å². The topological polar surface area (TPSA) is 60.0 Å². The number of methoxy groups -OCH3 is 1. The molecule has 4 nitrogen and oxygen atoms in total. The maximum absolute atomic E-state index is 5.61. The van der Waals surface area contributed by atoms with E-state index in [1.165, 1.54) is 0 Å². The van der Waals surface area contributed by atoms with Crippen LogP contribution in [0.2, 0.25) is 0 Å². The molecule has 2 N–H and O–H groups in total. The fourth-order valence-electron chi connectivity index (χ4n) is 1.75. The Morgan fingerprint density at radius 3 is 2.50 bits per heavy atom. The van der Waals surface area contributed by atoms with Gasteiger partial charge in [-0.25, -0.2) is 0 Å². The fourth-order valence-corrected chi connectivity index (χ4v) is 1.75. The number of hydrogen-bond acceptors (Lipinski definition) is 4. The highest BCUT2D eigenvalue weighted by molar-refractivity contribution is 5.97. The van der Waals surface area contributed by atoms with Gasteiger partial charge in [-0.1, -0.05) is 20.8 Å². The van der Waals surface area contributed by atoms with Crippen molar-refractivity contribution >= 4 is 11.5 Å². The van der Waals surface area contributed by atoms with Crippen molar-refractivity contribution in [2.24, 2.45) is 27.8 Å². The van der Waals surface area contributed by atoms with Crippen LogP contribution < -0.4 is 5.73 Å². The monoisotopic (exact) mass is 197 g/mol. The highest BCUT2D eigenvalue weighted by atomic mass is 16.5. The van der Waals surface area contributed by atoms with E-state index in [1.807, 2.05) is 0 Å². The molecule has 0 saturated heterocycles. The van der Waals surface area contributed by atoms with E-state index in [2.05, 4.69) is 31.0 Å². The Balaban J connectivity index is 2.84. The minimum absolute atomic E-state index is 0.0573. The molecule has 2 unspecified atom stereocenters. The number of amidine groups is 1. The molecular weight excluding hydrogens is 178 g/mol. The molecular formula is C10H19N3O. The van der Waals surface area contributed by atoms with Crippen molar-refractivity contribution in [3.8, 4) is 0 Å². The maximum atomic E-state index is 5.61. The molecule has 0 fully saturated rings. The standard InChI is InChI=1S/C10H19N3O/c1-6(2)10(14-4)9-7(3)5-8(11)12-13-9/h6-7,10H,5H2,1-4H3,(H2,11,12). The van der Waals surface area contributed by atoms with E-state index in [9.17, 15) is 0 Å². The van der Waals surface area contributed by atoms with Crippen LogP contribution in [0.5, 0.6) is 0 Å². The van der Waals surface area contributed by atoms with Gasteiger partial charge >= 0.3 is 0 Å². The zero-order valence-electron chi connectivity index (χ0n) is 9.32. The van der Waals surface area contributed by atoms with Crippen LogP contribution in [0, 0.1) is 11.8 Å². The Kier molecular flexibility index (Phi) is 3.63. The zero-order chi connectivity index (χ0) is 10.7. The van der Waals surface area contributed by atoms with Gasteiger partial charge in [0.2, 0.25) is 0 Å². The molecule has 0 aromatic rings. The minimum atomic E-state index is 0.0573. The lowest BCUT2D eigenvalue weighted by atomic mass is 9.90. The Morgan fingerprint density at radius 1 is 1.43 bits per heavy atom. The minimum Gasteiger partial charge on any atom is -0.386 e. The lowest BCUT2D eigenvalue weighted by Crippen LogP contribution is -2.36. The number of rotatable bonds is 3. The third-order valence-electron chi connectivity index (χ3n) is 2.47. The first-order valence-corrected chi connectivity index (χ1v) is 4.98. The van der Waals surface area contributed by atoms with Crippen molar-refractivity contribution in [3.05, 3.63) is 0 Å². The van der Waals surface area contributed by atoms with Crippen LogP contribution in [0.15, 0.2) is 10.2 Å². The van der Waals surface area contributed by atoms with E-state index in [0.717, 1.165) is 12.1 Å². The fraction of sp³-hybridized carbons (Fsp3) is 0.800. The number of ether oxygens (including phenoxy) is 1. The Labute approximate surface area is 85.2 Å². The summed E-state index contributed by atoms with van der Waals surface area (Å²) < 4.78 is 5.42. The third-order valence-corrected chi connectivity index (χ3v) is 2.47. The molecule has 0 amide bonds. The Bertz CT molecular complexity index is 258. The normalized spacial score (nSPS) is 24.5. The van der Waals surface area contributed by atoms with Crippen LogP contribution in [-0.4, -0.2) is 24.8 Å². The molecule has 80 valence electrons. The van der Waals surface area contributed by atoms with Gasteiger partial charge in [0.15, 0.2) is 0 Å². The first kappa shape index (κ1) is 11.2. The lowest BCUT2D eigenvalue weighted by molar-refractivity contribution is 0.114. The summed E-state index contributed by atoms with van der Waals surface area (Å²) in [6, 6.07) is 0. The first-order chi connectivity index (χ1) is 6.56. The SMILES string of the molecule is COC(C1=NN=C(N)CC1C)C(C)C. The molecule has 1 rings (SSSR count). The van der Waals surface area contributed by atoms with Crippen molar-refractivity contribution in [2.45, 2.75) is 33.3 Å². The zero-order valence-corrected chi connectivity index (χ0v) is 9.32. The number of hydrogen-bond donors (Lipinski definition) is 1. The molecule has 2 atom stereocenters. The Hall–Kier alpha value is -0.900. The van der Waals surface area contributed by atoms with Gasteiger partial charge in [0, 0.05) is 19.4 Å². The maximum Gasteiger partial charge on any atom is 0.123 e. The summed E-state index contributed by atoms with van der Waals surface area (Å²) in [4.78, 5) is 0. The predicted octanol–water partition coefficient (Wildman–Crippen LogP) is 1.41. The van der Waals surface area contributed by atoms with Gasteiger partial charge in [-0.15, -0.1) is 5.10 Å². The molecule has 0 saturated carbocycles. The molecule has 0 radical (unpaired) electrons. The molecule has 1 aliphatic heterocycles. The second kappa shape index (κ2) is 4.55. The van der Waals surface area contributed by atoms with E-state index >= 15 is 0 Å². The number of nitrogens with two attached hydrogens (primary N) is 1. The summed E-state index contributed by atoms with van der Waals surface area (Å²) in [6.45, 7) is 6.34. The summed E-state index contributed by atoms with van der Waals surface area (Å²) in [7, 11) is 1.71. The van der Waals surface area contributed by atoms with Gasteiger partial charge in [-0.05, 0) is 5.92 Å². The molecule has 4 heteroatoms. The molecule has 14 heavy (non-hydrogen) atoms. The Morgan fingerprint density at radius 2 is 2.07 bits per heavy atom. The summed E-state index contributed by atoms with van der Waals surface area (Å²) in [5.74, 6) is 1.36. The van der Waals surface area contributed by atoms with Crippen LogP contribution in [0.3, 0.4) is 0 Å². The van der Waals surface area contributed by atoms with Crippen LogP contribution in [-0.2, 0) is 4.74 Å². The predicted molar refractivity (Wildman–Crippen MR) is 58.5 cm³/mol. The highest BCUT2D eigenvalue weighted by Gasteiger charge is 2.27. The average molecular weight is 197 g/mol.